The molecular weight excluding hydrogens is 310 g/mol. The standard InChI is InChI=1S/C20H21N5/c1-15-7-6-10-25-19(12-21-20(15)25)14-24-13-18(22-23-24)11-16(2)17-8-4-3-5-9-17/h3-10,12-13,16H,11,14H2,1-2H3. The van der Waals surface area contributed by atoms with E-state index in [9.17, 15) is 0 Å². The van der Waals surface area contributed by atoms with Crippen LogP contribution in [0.5, 0.6) is 0 Å². The van der Waals surface area contributed by atoms with Gasteiger partial charge >= 0.3 is 0 Å². The van der Waals surface area contributed by atoms with Crippen LogP contribution < -0.4 is 0 Å². The van der Waals surface area contributed by atoms with Crippen molar-refractivity contribution in [3.05, 3.63) is 83.6 Å². The third-order valence-electron chi connectivity index (χ3n) is 4.60. The number of nitrogens with zero attached hydrogens (tertiary/aromatic N) is 5. The van der Waals surface area contributed by atoms with Gasteiger partial charge in [-0.05, 0) is 36.5 Å². The second kappa shape index (κ2) is 6.51. The first-order valence-electron chi connectivity index (χ1n) is 8.56. The molecule has 0 N–H and O–H groups in total. The third kappa shape index (κ3) is 3.18. The number of pyridine rings is 1. The van der Waals surface area contributed by atoms with Crippen molar-refractivity contribution < 1.29 is 0 Å². The average Bonchev–Trinajstić information content (AvgIpc) is 3.24. The molecule has 1 atom stereocenters. The van der Waals surface area contributed by atoms with Gasteiger partial charge in [-0.15, -0.1) is 5.10 Å². The van der Waals surface area contributed by atoms with Gasteiger partial charge in [-0.25, -0.2) is 9.67 Å². The molecule has 0 aliphatic carbocycles. The maximum atomic E-state index is 4.51. The van der Waals surface area contributed by atoms with Crippen molar-refractivity contribution in [1.29, 1.82) is 0 Å². The largest absolute Gasteiger partial charge is 0.302 e. The summed E-state index contributed by atoms with van der Waals surface area (Å²) in [5.74, 6) is 0.421. The molecule has 126 valence electrons. The number of benzene rings is 1. The third-order valence-corrected chi connectivity index (χ3v) is 4.60. The van der Waals surface area contributed by atoms with E-state index < -0.39 is 0 Å². The van der Waals surface area contributed by atoms with Crippen LogP contribution >= 0.6 is 0 Å². The minimum atomic E-state index is 0.421. The maximum absolute atomic E-state index is 4.51. The van der Waals surface area contributed by atoms with Crippen molar-refractivity contribution in [3.8, 4) is 0 Å². The first-order chi connectivity index (χ1) is 12.2. The molecule has 4 aromatic rings. The molecule has 0 radical (unpaired) electrons. The number of aryl methyl sites for hydroxylation is 1. The van der Waals surface area contributed by atoms with Crippen molar-refractivity contribution in [2.45, 2.75) is 32.7 Å². The smallest absolute Gasteiger partial charge is 0.139 e. The van der Waals surface area contributed by atoms with Gasteiger partial charge in [-0.3, -0.25) is 0 Å². The van der Waals surface area contributed by atoms with E-state index >= 15 is 0 Å². The Morgan fingerprint density at radius 2 is 1.92 bits per heavy atom. The lowest BCUT2D eigenvalue weighted by Crippen LogP contribution is -2.03. The minimum absolute atomic E-state index is 0.421. The molecule has 0 aliphatic heterocycles. The first kappa shape index (κ1) is 15.6. The van der Waals surface area contributed by atoms with Gasteiger partial charge in [0.15, 0.2) is 0 Å². The van der Waals surface area contributed by atoms with E-state index in [2.05, 4.69) is 63.9 Å². The number of rotatable bonds is 5. The Labute approximate surface area is 147 Å². The highest BCUT2D eigenvalue weighted by Gasteiger charge is 2.11. The predicted octanol–water partition coefficient (Wildman–Crippen LogP) is 3.63. The fraction of sp³-hybridized carbons (Fsp3) is 0.250. The normalized spacial score (nSPS) is 12.6. The first-order valence-corrected chi connectivity index (χ1v) is 8.56. The van der Waals surface area contributed by atoms with Gasteiger partial charge in [0, 0.05) is 12.4 Å². The summed E-state index contributed by atoms with van der Waals surface area (Å²) in [7, 11) is 0. The van der Waals surface area contributed by atoms with E-state index in [4.69, 9.17) is 0 Å². The second-order valence-corrected chi connectivity index (χ2v) is 6.56. The summed E-state index contributed by atoms with van der Waals surface area (Å²) in [5, 5.41) is 8.64. The second-order valence-electron chi connectivity index (χ2n) is 6.56. The van der Waals surface area contributed by atoms with Crippen LogP contribution in [-0.2, 0) is 13.0 Å². The Hall–Kier alpha value is -2.95. The fourth-order valence-corrected chi connectivity index (χ4v) is 3.21. The lowest BCUT2D eigenvalue weighted by atomic mass is 9.97. The molecular formula is C20H21N5. The van der Waals surface area contributed by atoms with Crippen molar-refractivity contribution in [2.75, 3.05) is 0 Å². The van der Waals surface area contributed by atoms with E-state index in [1.165, 1.54) is 11.1 Å². The molecule has 25 heavy (non-hydrogen) atoms. The van der Waals surface area contributed by atoms with Crippen LogP contribution in [0.15, 0.2) is 61.1 Å². The van der Waals surface area contributed by atoms with Crippen LogP contribution in [0.3, 0.4) is 0 Å². The van der Waals surface area contributed by atoms with Crippen molar-refractivity contribution in [3.63, 3.8) is 0 Å². The molecule has 3 heterocycles. The molecule has 5 heteroatoms. The maximum Gasteiger partial charge on any atom is 0.139 e. The number of imidazole rings is 1. The summed E-state index contributed by atoms with van der Waals surface area (Å²) in [4.78, 5) is 4.51. The highest BCUT2D eigenvalue weighted by atomic mass is 15.4. The van der Waals surface area contributed by atoms with Crippen LogP contribution in [0.4, 0.5) is 0 Å². The van der Waals surface area contributed by atoms with Gasteiger partial charge in [-0.2, -0.15) is 0 Å². The number of fused-ring (bicyclic) bond motifs is 1. The summed E-state index contributed by atoms with van der Waals surface area (Å²) < 4.78 is 4.00. The van der Waals surface area contributed by atoms with E-state index in [1.54, 1.807) is 0 Å². The quantitative estimate of drug-likeness (QED) is 0.561. The monoisotopic (exact) mass is 331 g/mol. The topological polar surface area (TPSA) is 48.0 Å². The Bertz CT molecular complexity index is 984. The molecule has 0 aliphatic rings. The summed E-state index contributed by atoms with van der Waals surface area (Å²) in [6.07, 6.45) is 6.88. The van der Waals surface area contributed by atoms with Gasteiger partial charge in [0.25, 0.3) is 0 Å². The zero-order chi connectivity index (χ0) is 17.2. The molecule has 5 nitrogen and oxygen atoms in total. The van der Waals surface area contributed by atoms with Crippen LogP contribution in [-0.4, -0.2) is 24.4 Å². The molecule has 0 spiro atoms. The van der Waals surface area contributed by atoms with Gasteiger partial charge in [0.05, 0.1) is 24.1 Å². The van der Waals surface area contributed by atoms with Gasteiger partial charge < -0.3 is 4.40 Å². The summed E-state index contributed by atoms with van der Waals surface area (Å²) in [6.45, 7) is 4.96. The van der Waals surface area contributed by atoms with Crippen LogP contribution in [0.2, 0.25) is 0 Å². The predicted molar refractivity (Wildman–Crippen MR) is 97.6 cm³/mol. The Morgan fingerprint density at radius 3 is 2.76 bits per heavy atom. The molecule has 0 fully saturated rings. The van der Waals surface area contributed by atoms with Crippen molar-refractivity contribution in [2.24, 2.45) is 0 Å². The summed E-state index contributed by atoms with van der Waals surface area (Å²) >= 11 is 0. The van der Waals surface area contributed by atoms with Gasteiger partial charge in [0.1, 0.15) is 5.65 Å². The Balaban J connectivity index is 1.50. The zero-order valence-electron chi connectivity index (χ0n) is 14.5. The number of hydrogen-bond donors (Lipinski definition) is 0. The Morgan fingerprint density at radius 1 is 1.08 bits per heavy atom. The lowest BCUT2D eigenvalue weighted by Gasteiger charge is -2.09. The minimum Gasteiger partial charge on any atom is -0.302 e. The van der Waals surface area contributed by atoms with Crippen LogP contribution in [0, 0.1) is 6.92 Å². The molecule has 0 saturated carbocycles. The summed E-state index contributed by atoms with van der Waals surface area (Å²) in [5.41, 5.74) is 5.61. The van der Waals surface area contributed by atoms with E-state index in [0.29, 0.717) is 12.5 Å². The van der Waals surface area contributed by atoms with Crippen LogP contribution in [0.25, 0.3) is 5.65 Å². The highest BCUT2D eigenvalue weighted by Crippen LogP contribution is 2.19. The zero-order valence-corrected chi connectivity index (χ0v) is 14.5. The van der Waals surface area contributed by atoms with E-state index in [-0.39, 0.29) is 0 Å². The SMILES string of the molecule is Cc1cccn2c(Cn3cc(CC(C)c4ccccc4)nn3)cnc12. The summed E-state index contributed by atoms with van der Waals surface area (Å²) in [6, 6.07) is 14.6. The lowest BCUT2D eigenvalue weighted by molar-refractivity contribution is 0.634. The van der Waals surface area contributed by atoms with Crippen molar-refractivity contribution >= 4 is 5.65 Å². The number of hydrogen-bond acceptors (Lipinski definition) is 3. The molecule has 4 rings (SSSR count). The highest BCUT2D eigenvalue weighted by molar-refractivity contribution is 5.48. The molecule has 0 amide bonds. The van der Waals surface area contributed by atoms with Gasteiger partial charge in [0.2, 0.25) is 0 Å². The van der Waals surface area contributed by atoms with E-state index in [1.807, 2.05) is 35.4 Å². The molecule has 1 aromatic carbocycles. The van der Waals surface area contributed by atoms with Crippen LogP contribution in [0.1, 0.15) is 35.4 Å². The molecule has 1 unspecified atom stereocenters. The number of aromatic nitrogens is 5. The molecule has 0 saturated heterocycles. The molecule has 3 aromatic heterocycles. The van der Waals surface area contributed by atoms with Crippen molar-refractivity contribution in [1.82, 2.24) is 24.4 Å². The molecule has 0 bridgehead atoms. The average molecular weight is 331 g/mol. The fourth-order valence-electron chi connectivity index (χ4n) is 3.21. The van der Waals surface area contributed by atoms with E-state index in [0.717, 1.165) is 23.5 Å². The Kier molecular flexibility index (Phi) is 4.06. The van der Waals surface area contributed by atoms with Gasteiger partial charge in [-0.1, -0.05) is 48.5 Å².